The van der Waals surface area contributed by atoms with Gasteiger partial charge in [0.15, 0.2) is 23.8 Å². The van der Waals surface area contributed by atoms with Crippen molar-refractivity contribution in [1.29, 1.82) is 0 Å². The highest BCUT2D eigenvalue weighted by atomic mass is 17.0. The van der Waals surface area contributed by atoms with Crippen LogP contribution in [0, 0.1) is 26.1 Å². The van der Waals surface area contributed by atoms with E-state index in [0.717, 1.165) is 22.3 Å². The summed E-state index contributed by atoms with van der Waals surface area (Å²) in [7, 11) is 0. The molecule has 0 spiro atoms. The van der Waals surface area contributed by atoms with Crippen molar-refractivity contribution in [2.24, 2.45) is 5.92 Å². The number of H-pyrrole nitrogens is 1. The molecule has 5 aromatic rings. The molecule has 20 heteroatoms. The zero-order chi connectivity index (χ0) is 39.2. The zero-order valence-corrected chi connectivity index (χ0v) is 30.0. The van der Waals surface area contributed by atoms with Crippen LogP contribution in [0.2, 0.25) is 0 Å². The van der Waals surface area contributed by atoms with Crippen molar-refractivity contribution in [3.05, 3.63) is 114 Å². The number of benzene rings is 2. The number of ether oxygens (including phenoxy) is 1. The summed E-state index contributed by atoms with van der Waals surface area (Å²) in [5, 5.41) is 45.2. The second-order valence-corrected chi connectivity index (χ2v) is 13.0. The minimum absolute atomic E-state index is 0.0246. The summed E-state index contributed by atoms with van der Waals surface area (Å²) in [4.78, 5) is 61.9. The van der Waals surface area contributed by atoms with Crippen molar-refractivity contribution < 1.29 is 43.3 Å². The number of aromatic amines is 1. The number of carbonyl (C=O) groups is 1. The monoisotopic (exact) mass is 750 g/mol. The minimum Gasteiger partial charge on any atom is -0.453 e. The second kappa shape index (κ2) is 16.5. The summed E-state index contributed by atoms with van der Waals surface area (Å²) in [6.07, 6.45) is -1.92. The van der Waals surface area contributed by atoms with E-state index < -0.39 is 52.3 Å². The first-order valence-corrected chi connectivity index (χ1v) is 16.8. The number of esters is 1. The molecule has 2 N–H and O–H groups in total. The molecule has 0 radical (unpaired) electrons. The summed E-state index contributed by atoms with van der Waals surface area (Å²) in [5.41, 5.74) is 1.84. The lowest BCUT2D eigenvalue weighted by molar-refractivity contribution is -0.799. The van der Waals surface area contributed by atoms with Crippen molar-refractivity contribution >= 4 is 5.97 Å². The van der Waals surface area contributed by atoms with Gasteiger partial charge in [-0.25, -0.2) is 14.6 Å². The lowest BCUT2D eigenvalue weighted by Crippen LogP contribution is -2.38. The molecule has 3 heterocycles. The molecule has 54 heavy (non-hydrogen) atoms. The molecule has 0 aliphatic carbocycles. The lowest BCUT2D eigenvalue weighted by atomic mass is 9.95. The lowest BCUT2D eigenvalue weighted by Gasteiger charge is -2.25. The first kappa shape index (κ1) is 38.8. The Morgan fingerprint density at radius 2 is 1.69 bits per heavy atom. The summed E-state index contributed by atoms with van der Waals surface area (Å²) in [5.74, 6) is -2.28. The Morgan fingerprint density at radius 1 is 1.02 bits per heavy atom. The molecule has 5 rings (SSSR count). The second-order valence-electron chi connectivity index (χ2n) is 13.0. The fourth-order valence-electron chi connectivity index (χ4n) is 6.05. The number of carbonyl (C=O) groups excluding carboxylic acids is 1. The van der Waals surface area contributed by atoms with Crippen molar-refractivity contribution in [3.63, 3.8) is 0 Å². The van der Waals surface area contributed by atoms with Gasteiger partial charge in [-0.3, -0.25) is 0 Å². The van der Waals surface area contributed by atoms with Crippen LogP contribution in [0.15, 0.2) is 62.2 Å². The van der Waals surface area contributed by atoms with Crippen LogP contribution in [-0.2, 0) is 46.0 Å². The fraction of sp³-hybridized carbons (Fsp3) is 0.412. The van der Waals surface area contributed by atoms with E-state index in [2.05, 4.69) is 35.3 Å². The maximum atomic E-state index is 13.9. The van der Waals surface area contributed by atoms with E-state index in [9.17, 15) is 34.9 Å². The summed E-state index contributed by atoms with van der Waals surface area (Å²) in [6, 6.07) is 15.3. The van der Waals surface area contributed by atoms with Gasteiger partial charge in [0.1, 0.15) is 29.3 Å². The largest absolute Gasteiger partial charge is 0.519 e. The van der Waals surface area contributed by atoms with Crippen LogP contribution in [-0.4, -0.2) is 63.6 Å². The van der Waals surface area contributed by atoms with Crippen LogP contribution in [0.5, 0.6) is 0 Å². The maximum absolute atomic E-state index is 13.9. The Kier molecular flexibility index (Phi) is 11.8. The highest BCUT2D eigenvalue weighted by molar-refractivity contribution is 5.89. The number of hydrogen-bond donors (Lipinski definition) is 2. The third kappa shape index (κ3) is 9.13. The molecule has 0 amide bonds. The maximum Gasteiger partial charge on any atom is 0.519 e. The van der Waals surface area contributed by atoms with Crippen LogP contribution in [0.3, 0.4) is 0 Å². The van der Waals surface area contributed by atoms with Gasteiger partial charge in [-0.1, -0.05) is 62.4 Å². The van der Waals surface area contributed by atoms with E-state index in [1.54, 1.807) is 4.57 Å². The molecular weight excluding hydrogens is 712 g/mol. The number of hydrogen-bond acceptors (Lipinski definition) is 16. The number of aryl methyl sites for hydroxylation is 1. The number of tetrazole rings is 1. The minimum atomic E-state index is -1.57. The van der Waals surface area contributed by atoms with Crippen LogP contribution in [0.25, 0.3) is 22.5 Å². The number of imidazole rings is 1. The molecule has 0 fully saturated rings. The first-order chi connectivity index (χ1) is 25.7. The van der Waals surface area contributed by atoms with Crippen LogP contribution in [0.4, 0.5) is 0 Å². The Morgan fingerprint density at radius 3 is 2.30 bits per heavy atom. The van der Waals surface area contributed by atoms with Gasteiger partial charge in [-0.05, 0) is 55.0 Å². The molecule has 20 nitrogen and oxygen atoms in total. The Hall–Kier alpha value is -6.44. The molecule has 2 aromatic carbocycles. The van der Waals surface area contributed by atoms with E-state index in [1.165, 1.54) is 27.7 Å². The van der Waals surface area contributed by atoms with Gasteiger partial charge in [0.2, 0.25) is 5.82 Å². The highest BCUT2D eigenvalue weighted by Crippen LogP contribution is 2.31. The standard InChI is InChI=1S/C34H38N8O12/c1-6-9-27-35-30(34(4,5)45)28(40(27)17-21-12-14-22(15-13-21)23-10-7-8-11-24(23)31-36-38-39-37-31)32(43)50-18-26-25(51-33(44)52-26)16-19(2)29(54-42(48)49)20(3)53-41(46)47/h7-8,10-15,19-20,29,45H,6,9,16-18H2,1-5H3,(H,36,37,38,39)/t19?,20-,29-/m1/s1. The van der Waals surface area contributed by atoms with Crippen LogP contribution < -0.4 is 5.82 Å². The number of aliphatic hydroxyl groups is 1. The van der Waals surface area contributed by atoms with Crippen molar-refractivity contribution in [2.75, 3.05) is 0 Å². The van der Waals surface area contributed by atoms with Gasteiger partial charge in [-0.15, -0.1) is 30.4 Å². The zero-order valence-electron chi connectivity index (χ0n) is 30.0. The molecule has 3 atom stereocenters. The van der Waals surface area contributed by atoms with E-state index >= 15 is 0 Å². The number of aromatic nitrogens is 6. The van der Waals surface area contributed by atoms with E-state index in [-0.39, 0.29) is 35.9 Å². The average molecular weight is 751 g/mol. The normalized spacial score (nSPS) is 13.2. The SMILES string of the molecule is CCCc1nc(C(C)(C)O)c(C(=O)OCc2oc(=O)oc2CC(C)[C@@H](O[N+](=O)[O-])[C@@H](C)O[N+](=O)[O-])n1Cc1ccc(-c2ccccc2-c2nn[nH]n2)cc1. The fourth-order valence-corrected chi connectivity index (χ4v) is 6.05. The van der Waals surface area contributed by atoms with E-state index in [1.807, 2.05) is 55.5 Å². The molecular formula is C34H38N8O12. The van der Waals surface area contributed by atoms with Gasteiger partial charge in [0.05, 0.1) is 0 Å². The van der Waals surface area contributed by atoms with Gasteiger partial charge in [-0.2, -0.15) is 5.21 Å². The smallest absolute Gasteiger partial charge is 0.453 e. The van der Waals surface area contributed by atoms with Gasteiger partial charge in [0, 0.05) is 24.9 Å². The first-order valence-electron chi connectivity index (χ1n) is 16.8. The molecule has 0 aliphatic heterocycles. The molecule has 3 aromatic heterocycles. The predicted octanol–water partition coefficient (Wildman–Crippen LogP) is 4.21. The van der Waals surface area contributed by atoms with Crippen LogP contribution >= 0.6 is 0 Å². The Balaban J connectivity index is 1.41. The quantitative estimate of drug-likeness (QED) is 0.0721. The molecule has 0 saturated carbocycles. The van der Waals surface area contributed by atoms with Gasteiger partial charge < -0.3 is 32.9 Å². The number of nitrogens with zero attached hydrogens (tertiary/aromatic N) is 7. The topological polar surface area (TPSA) is 267 Å². The Bertz CT molecular complexity index is 2130. The third-order valence-corrected chi connectivity index (χ3v) is 8.46. The van der Waals surface area contributed by atoms with E-state index in [0.29, 0.717) is 24.5 Å². The van der Waals surface area contributed by atoms with E-state index in [4.69, 9.17) is 13.6 Å². The van der Waals surface area contributed by atoms with Gasteiger partial charge in [0.25, 0.3) is 10.2 Å². The van der Waals surface area contributed by atoms with Crippen LogP contribution in [0.1, 0.15) is 80.1 Å². The number of rotatable bonds is 18. The molecule has 1 unspecified atom stereocenters. The molecule has 0 aliphatic rings. The highest BCUT2D eigenvalue weighted by Gasteiger charge is 2.35. The predicted molar refractivity (Wildman–Crippen MR) is 184 cm³/mol. The number of nitrogens with one attached hydrogen (secondary N) is 1. The summed E-state index contributed by atoms with van der Waals surface area (Å²) < 4.78 is 17.6. The molecule has 0 saturated heterocycles. The van der Waals surface area contributed by atoms with Crippen molar-refractivity contribution in [2.45, 2.75) is 84.8 Å². The molecule has 0 bridgehead atoms. The summed E-state index contributed by atoms with van der Waals surface area (Å²) in [6.45, 7) is 7.17. The summed E-state index contributed by atoms with van der Waals surface area (Å²) >= 11 is 0. The van der Waals surface area contributed by atoms with Gasteiger partial charge >= 0.3 is 11.8 Å². The van der Waals surface area contributed by atoms with Crippen molar-refractivity contribution in [3.8, 4) is 22.5 Å². The average Bonchev–Trinajstić information content (AvgIpc) is 3.86. The molecule has 286 valence electrons. The van der Waals surface area contributed by atoms with Crippen molar-refractivity contribution in [1.82, 2.24) is 30.2 Å². The Labute approximate surface area is 306 Å². The third-order valence-electron chi connectivity index (χ3n) is 8.46.